The normalized spacial score (nSPS) is 11.2. The summed E-state index contributed by atoms with van der Waals surface area (Å²) in [6, 6.07) is 0. The van der Waals surface area contributed by atoms with E-state index in [9.17, 15) is 4.79 Å². The molecule has 0 aromatic carbocycles. The summed E-state index contributed by atoms with van der Waals surface area (Å²) in [5.41, 5.74) is 0.533. The summed E-state index contributed by atoms with van der Waals surface area (Å²) >= 11 is 0. The Hall–Kier alpha value is -0.830. The van der Waals surface area contributed by atoms with Crippen LogP contribution in [0.4, 0.5) is 0 Å². The molecule has 0 aromatic heterocycles. The smallest absolute Gasteiger partial charge is 0.334 e. The van der Waals surface area contributed by atoms with Crippen LogP contribution in [0.2, 0.25) is 0 Å². The monoisotopic (exact) mass is 213 g/mol. The average molecular weight is 213 g/mol. The Kier molecular flexibility index (Phi) is 6.25. The number of rotatable bonds is 7. The summed E-state index contributed by atoms with van der Waals surface area (Å²) in [5, 5.41) is 3.30. The van der Waals surface area contributed by atoms with Crippen LogP contribution < -0.4 is 5.32 Å². The third kappa shape index (κ3) is 6.28. The highest BCUT2D eigenvalue weighted by Gasteiger charge is 2.17. The number of hydrogen-bond acceptors (Lipinski definition) is 3. The van der Waals surface area contributed by atoms with E-state index >= 15 is 0 Å². The van der Waals surface area contributed by atoms with Crippen LogP contribution >= 0.6 is 0 Å². The molecule has 0 aliphatic heterocycles. The number of carbonyl (C=O) groups excluding carboxylic acids is 1. The summed E-state index contributed by atoms with van der Waals surface area (Å²) in [6.07, 6.45) is 2.19. The Bertz CT molecular complexity index is 222. The van der Waals surface area contributed by atoms with Crippen LogP contribution in [-0.2, 0) is 9.53 Å². The molecule has 0 bridgehead atoms. The summed E-state index contributed by atoms with van der Waals surface area (Å²) in [6.45, 7) is 12.8. The third-order valence-corrected chi connectivity index (χ3v) is 2.22. The SMILES string of the molecule is C=C(CNC(C)(C)CCC)C(=O)OCC. The number of carbonyl (C=O) groups is 1. The van der Waals surface area contributed by atoms with Crippen molar-refractivity contribution in [3.05, 3.63) is 12.2 Å². The topological polar surface area (TPSA) is 38.3 Å². The number of nitrogens with one attached hydrogen (secondary N) is 1. The second-order valence-corrected chi connectivity index (χ2v) is 4.31. The average Bonchev–Trinajstić information content (AvgIpc) is 2.14. The van der Waals surface area contributed by atoms with Crippen molar-refractivity contribution >= 4 is 5.97 Å². The molecule has 0 heterocycles. The van der Waals surface area contributed by atoms with Gasteiger partial charge in [-0.25, -0.2) is 4.79 Å². The molecule has 0 radical (unpaired) electrons. The van der Waals surface area contributed by atoms with Crippen molar-refractivity contribution in [2.45, 2.75) is 46.1 Å². The Balaban J connectivity index is 3.94. The molecule has 0 fully saturated rings. The number of hydrogen-bond donors (Lipinski definition) is 1. The van der Waals surface area contributed by atoms with Gasteiger partial charge in [0.1, 0.15) is 0 Å². The molecule has 88 valence electrons. The number of esters is 1. The summed E-state index contributed by atoms with van der Waals surface area (Å²) in [4.78, 5) is 11.3. The second-order valence-electron chi connectivity index (χ2n) is 4.31. The van der Waals surface area contributed by atoms with Crippen LogP contribution in [0.15, 0.2) is 12.2 Å². The zero-order chi connectivity index (χ0) is 11.9. The standard InChI is InChI=1S/C12H23NO2/c1-6-8-12(4,5)13-9-10(3)11(14)15-7-2/h13H,3,6-9H2,1-2,4-5H3. The molecule has 15 heavy (non-hydrogen) atoms. The van der Waals surface area contributed by atoms with Gasteiger partial charge in [0.05, 0.1) is 6.61 Å². The van der Waals surface area contributed by atoms with E-state index in [0.29, 0.717) is 18.7 Å². The fraction of sp³-hybridized carbons (Fsp3) is 0.750. The molecule has 0 rings (SSSR count). The molecule has 0 aliphatic rings. The number of ether oxygens (including phenoxy) is 1. The van der Waals surface area contributed by atoms with Crippen molar-refractivity contribution in [3.8, 4) is 0 Å². The van der Waals surface area contributed by atoms with Crippen molar-refractivity contribution in [3.63, 3.8) is 0 Å². The predicted molar refractivity (Wildman–Crippen MR) is 62.8 cm³/mol. The van der Waals surface area contributed by atoms with Gasteiger partial charge in [-0.05, 0) is 27.2 Å². The van der Waals surface area contributed by atoms with Gasteiger partial charge in [-0.2, -0.15) is 0 Å². The maximum absolute atomic E-state index is 11.3. The Morgan fingerprint density at radius 1 is 1.40 bits per heavy atom. The van der Waals surface area contributed by atoms with Crippen LogP contribution in [0.1, 0.15) is 40.5 Å². The molecule has 3 heteroatoms. The van der Waals surface area contributed by atoms with E-state index < -0.39 is 0 Å². The zero-order valence-corrected chi connectivity index (χ0v) is 10.4. The van der Waals surface area contributed by atoms with Crippen LogP contribution in [0.5, 0.6) is 0 Å². The maximum Gasteiger partial charge on any atom is 0.334 e. The van der Waals surface area contributed by atoms with Crippen LogP contribution in [0.25, 0.3) is 0 Å². The molecule has 0 spiro atoms. The first kappa shape index (κ1) is 14.2. The van der Waals surface area contributed by atoms with Gasteiger partial charge < -0.3 is 10.1 Å². The van der Waals surface area contributed by atoms with E-state index in [1.54, 1.807) is 6.92 Å². The molecule has 0 unspecified atom stereocenters. The second kappa shape index (κ2) is 6.62. The molecular weight excluding hydrogens is 190 g/mol. The van der Waals surface area contributed by atoms with Crippen LogP contribution in [0, 0.1) is 0 Å². The highest BCUT2D eigenvalue weighted by atomic mass is 16.5. The molecule has 0 saturated carbocycles. The van der Waals surface area contributed by atoms with Gasteiger partial charge in [0.25, 0.3) is 0 Å². The molecule has 0 aromatic rings. The fourth-order valence-electron chi connectivity index (χ4n) is 1.36. The largest absolute Gasteiger partial charge is 0.463 e. The van der Waals surface area contributed by atoms with E-state index in [0.717, 1.165) is 12.8 Å². The van der Waals surface area contributed by atoms with Gasteiger partial charge in [0.15, 0.2) is 0 Å². The van der Waals surface area contributed by atoms with E-state index in [1.807, 2.05) is 0 Å². The van der Waals surface area contributed by atoms with Crippen molar-refractivity contribution < 1.29 is 9.53 Å². The van der Waals surface area contributed by atoms with Crippen LogP contribution in [0.3, 0.4) is 0 Å². The molecule has 0 saturated heterocycles. The molecular formula is C12H23NO2. The maximum atomic E-state index is 11.3. The van der Waals surface area contributed by atoms with Gasteiger partial charge in [-0.3, -0.25) is 0 Å². The predicted octanol–water partition coefficient (Wildman–Crippen LogP) is 2.27. The zero-order valence-electron chi connectivity index (χ0n) is 10.4. The minimum Gasteiger partial charge on any atom is -0.463 e. The van der Waals surface area contributed by atoms with E-state index in [2.05, 4.69) is 32.7 Å². The lowest BCUT2D eigenvalue weighted by molar-refractivity contribution is -0.138. The third-order valence-electron chi connectivity index (χ3n) is 2.22. The Labute approximate surface area is 92.9 Å². The van der Waals surface area contributed by atoms with E-state index in [1.165, 1.54) is 0 Å². The lowest BCUT2D eigenvalue weighted by atomic mass is 9.99. The van der Waals surface area contributed by atoms with Gasteiger partial charge in [0, 0.05) is 17.7 Å². The van der Waals surface area contributed by atoms with Crippen molar-refractivity contribution in [2.24, 2.45) is 0 Å². The Morgan fingerprint density at radius 3 is 2.47 bits per heavy atom. The first-order valence-electron chi connectivity index (χ1n) is 5.53. The van der Waals surface area contributed by atoms with Crippen molar-refractivity contribution in [1.29, 1.82) is 0 Å². The minimum atomic E-state index is -0.308. The van der Waals surface area contributed by atoms with Gasteiger partial charge in [-0.15, -0.1) is 0 Å². The minimum absolute atomic E-state index is 0.0458. The summed E-state index contributed by atoms with van der Waals surface area (Å²) in [7, 11) is 0. The van der Waals surface area contributed by atoms with Gasteiger partial charge >= 0.3 is 5.97 Å². The quantitative estimate of drug-likeness (QED) is 0.521. The van der Waals surface area contributed by atoms with Crippen LogP contribution in [-0.4, -0.2) is 24.7 Å². The molecule has 3 nitrogen and oxygen atoms in total. The first-order chi connectivity index (χ1) is 6.93. The van der Waals surface area contributed by atoms with Crippen molar-refractivity contribution in [1.82, 2.24) is 5.32 Å². The van der Waals surface area contributed by atoms with Crippen molar-refractivity contribution in [2.75, 3.05) is 13.2 Å². The summed E-state index contributed by atoms with van der Waals surface area (Å²) in [5.74, 6) is -0.308. The van der Waals surface area contributed by atoms with E-state index in [-0.39, 0.29) is 11.5 Å². The highest BCUT2D eigenvalue weighted by molar-refractivity contribution is 5.88. The van der Waals surface area contributed by atoms with Gasteiger partial charge in [-0.1, -0.05) is 19.9 Å². The molecule has 0 aliphatic carbocycles. The summed E-state index contributed by atoms with van der Waals surface area (Å²) < 4.78 is 4.85. The lowest BCUT2D eigenvalue weighted by Gasteiger charge is -2.26. The molecule has 0 amide bonds. The Morgan fingerprint density at radius 2 is 2.00 bits per heavy atom. The van der Waals surface area contributed by atoms with Gasteiger partial charge in [0.2, 0.25) is 0 Å². The first-order valence-corrected chi connectivity index (χ1v) is 5.53. The fourth-order valence-corrected chi connectivity index (χ4v) is 1.36. The highest BCUT2D eigenvalue weighted by Crippen LogP contribution is 2.10. The lowest BCUT2D eigenvalue weighted by Crippen LogP contribution is -2.40. The molecule has 1 N–H and O–H groups in total. The molecule has 0 atom stereocenters. The van der Waals surface area contributed by atoms with E-state index in [4.69, 9.17) is 4.74 Å².